The third-order valence-corrected chi connectivity index (χ3v) is 8.08. The molecule has 2 atom stereocenters. The Balaban J connectivity index is 1.42. The molecule has 2 aromatic carbocycles. The Morgan fingerprint density at radius 1 is 0.975 bits per heavy atom. The van der Waals surface area contributed by atoms with Crippen LogP contribution in [0.1, 0.15) is 45.1 Å². The second-order valence-electron chi connectivity index (χ2n) is 10.1. The van der Waals surface area contributed by atoms with Crippen molar-refractivity contribution in [3.05, 3.63) is 107 Å². The number of anilines is 2. The van der Waals surface area contributed by atoms with Gasteiger partial charge in [-0.25, -0.2) is 4.79 Å². The second-order valence-corrected chi connectivity index (χ2v) is 10.5. The smallest absolute Gasteiger partial charge is 0.335 e. The first-order chi connectivity index (χ1) is 19.4. The summed E-state index contributed by atoms with van der Waals surface area (Å²) in [6.45, 7) is 7.41. The van der Waals surface area contributed by atoms with Gasteiger partial charge >= 0.3 is 5.97 Å². The first kappa shape index (κ1) is 26.0. The second kappa shape index (κ2) is 10.7. The van der Waals surface area contributed by atoms with Crippen LogP contribution in [0.3, 0.4) is 0 Å². The minimum absolute atomic E-state index is 0.144. The number of ether oxygens (including phenoxy) is 1. The largest absolute Gasteiger partial charge is 0.478 e. The van der Waals surface area contributed by atoms with Crippen LogP contribution in [0, 0.1) is 13.8 Å². The molecule has 2 saturated heterocycles. The van der Waals surface area contributed by atoms with Crippen LogP contribution in [0.4, 0.5) is 11.4 Å². The number of benzene rings is 2. The molecule has 0 radical (unpaired) electrons. The highest BCUT2D eigenvalue weighted by Gasteiger charge is 2.42. The van der Waals surface area contributed by atoms with E-state index in [-0.39, 0.29) is 17.6 Å². The van der Waals surface area contributed by atoms with E-state index >= 15 is 0 Å². The molecule has 2 fully saturated rings. The molecule has 2 aliphatic heterocycles. The van der Waals surface area contributed by atoms with Crippen molar-refractivity contribution >= 4 is 34.7 Å². The first-order valence-electron chi connectivity index (χ1n) is 13.4. The van der Waals surface area contributed by atoms with Gasteiger partial charge in [0, 0.05) is 47.7 Å². The molecular formula is C31H31N5O3S. The van der Waals surface area contributed by atoms with E-state index in [2.05, 4.69) is 68.8 Å². The summed E-state index contributed by atoms with van der Waals surface area (Å²) < 4.78 is 7.68. The van der Waals surface area contributed by atoms with Crippen molar-refractivity contribution < 1.29 is 14.6 Å². The predicted molar refractivity (Wildman–Crippen MR) is 160 cm³/mol. The van der Waals surface area contributed by atoms with Crippen molar-refractivity contribution in [3.8, 4) is 5.69 Å². The first-order valence-corrected chi connectivity index (χ1v) is 13.8. The zero-order valence-corrected chi connectivity index (χ0v) is 23.3. The van der Waals surface area contributed by atoms with E-state index in [0.29, 0.717) is 5.11 Å². The van der Waals surface area contributed by atoms with E-state index in [0.717, 1.165) is 60.3 Å². The van der Waals surface area contributed by atoms with Crippen LogP contribution in [-0.4, -0.2) is 52.0 Å². The fourth-order valence-electron chi connectivity index (χ4n) is 5.83. The van der Waals surface area contributed by atoms with Crippen molar-refractivity contribution in [2.75, 3.05) is 36.1 Å². The van der Waals surface area contributed by atoms with Gasteiger partial charge in [-0.15, -0.1) is 0 Å². The summed E-state index contributed by atoms with van der Waals surface area (Å²) in [5.41, 5.74) is 7.51. The predicted octanol–water partition coefficient (Wildman–Crippen LogP) is 5.20. The zero-order chi connectivity index (χ0) is 27.8. The normalized spacial score (nSPS) is 19.1. The maximum Gasteiger partial charge on any atom is 0.335 e. The molecule has 6 rings (SSSR count). The summed E-state index contributed by atoms with van der Waals surface area (Å²) in [7, 11) is 0. The number of carboxylic acid groups (broad SMARTS) is 1. The molecule has 0 saturated carbocycles. The van der Waals surface area contributed by atoms with Gasteiger partial charge in [0.2, 0.25) is 0 Å². The summed E-state index contributed by atoms with van der Waals surface area (Å²) in [6.07, 6.45) is 1.81. The number of aromatic nitrogens is 2. The van der Waals surface area contributed by atoms with Crippen LogP contribution >= 0.6 is 12.2 Å². The lowest BCUT2D eigenvalue weighted by molar-refractivity contribution is 0.0697. The maximum absolute atomic E-state index is 11.4. The number of hydrogen-bond acceptors (Lipinski definition) is 5. The number of carboxylic acids is 1. The topological polar surface area (TPSA) is 82.9 Å². The highest BCUT2D eigenvalue weighted by molar-refractivity contribution is 7.80. The zero-order valence-electron chi connectivity index (χ0n) is 22.4. The molecule has 0 spiro atoms. The lowest BCUT2D eigenvalue weighted by Crippen LogP contribution is -2.36. The van der Waals surface area contributed by atoms with Gasteiger partial charge in [0.05, 0.1) is 36.6 Å². The Morgan fingerprint density at radius 2 is 1.65 bits per heavy atom. The van der Waals surface area contributed by atoms with Crippen molar-refractivity contribution in [2.45, 2.75) is 25.9 Å². The Bertz CT molecular complexity index is 1530. The lowest BCUT2D eigenvalue weighted by Gasteiger charge is -2.31. The van der Waals surface area contributed by atoms with E-state index in [1.165, 1.54) is 5.69 Å². The summed E-state index contributed by atoms with van der Waals surface area (Å²) in [4.78, 5) is 20.6. The summed E-state index contributed by atoms with van der Waals surface area (Å²) in [5, 5.41) is 13.6. The highest BCUT2D eigenvalue weighted by Crippen LogP contribution is 2.44. The van der Waals surface area contributed by atoms with Crippen LogP contribution in [-0.2, 0) is 4.74 Å². The molecule has 2 aliphatic rings. The van der Waals surface area contributed by atoms with Gasteiger partial charge in [-0.3, -0.25) is 4.98 Å². The Hall–Kier alpha value is -4.21. The Morgan fingerprint density at radius 3 is 2.30 bits per heavy atom. The summed E-state index contributed by atoms with van der Waals surface area (Å²) in [5.74, 6) is -0.938. The van der Waals surface area contributed by atoms with Gasteiger partial charge < -0.3 is 29.5 Å². The lowest BCUT2D eigenvalue weighted by atomic mass is 9.96. The summed E-state index contributed by atoms with van der Waals surface area (Å²) >= 11 is 5.95. The molecule has 2 N–H and O–H groups in total. The molecular weight excluding hydrogens is 522 g/mol. The standard InChI is InChI=1S/C31H31N5O3S/c1-20-19-26(21(2)35(20)24-8-6-22(7-9-24)30(37)38)29-28(27-5-3-4-14-32-27)33-31(40)36(29)25-12-10-23(11-13-25)34-15-17-39-18-16-34/h3-14,19,28-29H,15-18H2,1-2H3,(H,33,40)(H,37,38)/t28-,29-/m1/s1. The molecule has 4 aromatic rings. The summed E-state index contributed by atoms with van der Waals surface area (Å²) in [6, 6.07) is 23.4. The number of hydrogen-bond donors (Lipinski definition) is 2. The highest BCUT2D eigenvalue weighted by atomic mass is 32.1. The molecule has 0 aliphatic carbocycles. The monoisotopic (exact) mass is 553 g/mol. The fraction of sp³-hybridized carbons (Fsp3) is 0.258. The number of nitrogens with one attached hydrogen (secondary N) is 1. The average Bonchev–Trinajstić information content (AvgIpc) is 3.48. The maximum atomic E-state index is 11.4. The molecule has 8 nitrogen and oxygen atoms in total. The number of morpholine rings is 1. The molecule has 4 heterocycles. The molecule has 2 aromatic heterocycles. The quantitative estimate of drug-likeness (QED) is 0.315. The van der Waals surface area contributed by atoms with Crippen LogP contribution in [0.25, 0.3) is 5.69 Å². The third kappa shape index (κ3) is 4.71. The van der Waals surface area contributed by atoms with Gasteiger partial charge in [0.1, 0.15) is 0 Å². The molecule has 0 amide bonds. The van der Waals surface area contributed by atoms with Gasteiger partial charge in [-0.05, 0) is 98.4 Å². The number of nitrogens with zero attached hydrogens (tertiary/aromatic N) is 4. The number of aryl methyl sites for hydroxylation is 1. The van der Waals surface area contributed by atoms with Crippen LogP contribution in [0.5, 0.6) is 0 Å². The SMILES string of the molecule is Cc1cc([C@@H]2[C@@H](c3ccccn3)NC(=S)N2c2ccc(N3CCOCC3)cc2)c(C)n1-c1ccc(C(=O)O)cc1. The molecule has 40 heavy (non-hydrogen) atoms. The molecule has 204 valence electrons. The van der Waals surface area contributed by atoms with Crippen molar-refractivity contribution in [2.24, 2.45) is 0 Å². The van der Waals surface area contributed by atoms with Gasteiger partial charge in [0.25, 0.3) is 0 Å². The number of pyridine rings is 1. The number of aromatic carboxylic acids is 1. The van der Waals surface area contributed by atoms with Crippen LogP contribution < -0.4 is 15.1 Å². The number of carbonyl (C=O) groups is 1. The van der Waals surface area contributed by atoms with E-state index in [4.69, 9.17) is 17.0 Å². The van der Waals surface area contributed by atoms with E-state index in [1.54, 1.807) is 12.1 Å². The molecule has 9 heteroatoms. The van der Waals surface area contributed by atoms with E-state index in [1.807, 2.05) is 36.5 Å². The van der Waals surface area contributed by atoms with Crippen LogP contribution in [0.15, 0.2) is 79.0 Å². The number of thiocarbonyl (C=S) groups is 1. The Kier molecular flexibility index (Phi) is 7.00. The van der Waals surface area contributed by atoms with E-state index in [9.17, 15) is 9.90 Å². The minimum Gasteiger partial charge on any atom is -0.478 e. The van der Waals surface area contributed by atoms with Gasteiger partial charge in [-0.1, -0.05) is 6.07 Å². The molecule has 0 bridgehead atoms. The third-order valence-electron chi connectivity index (χ3n) is 7.76. The van der Waals surface area contributed by atoms with Crippen molar-refractivity contribution in [1.29, 1.82) is 0 Å². The van der Waals surface area contributed by atoms with Crippen LogP contribution in [0.2, 0.25) is 0 Å². The van der Waals surface area contributed by atoms with Gasteiger partial charge in [-0.2, -0.15) is 0 Å². The number of rotatable bonds is 6. The van der Waals surface area contributed by atoms with E-state index < -0.39 is 5.97 Å². The molecule has 0 unspecified atom stereocenters. The minimum atomic E-state index is -0.938. The fourth-order valence-corrected chi connectivity index (χ4v) is 6.18. The van der Waals surface area contributed by atoms with Crippen molar-refractivity contribution in [3.63, 3.8) is 0 Å². The van der Waals surface area contributed by atoms with Crippen molar-refractivity contribution in [1.82, 2.24) is 14.9 Å². The Labute approximate surface area is 238 Å². The average molecular weight is 554 g/mol. The van der Waals surface area contributed by atoms with Gasteiger partial charge in [0.15, 0.2) is 5.11 Å².